The largest absolute Gasteiger partial charge is 0.496 e. The molecule has 0 aliphatic rings. The molecular formula is C8H13NOS. The summed E-state index contributed by atoms with van der Waals surface area (Å²) in [6.07, 6.45) is 0.951. The summed E-state index contributed by atoms with van der Waals surface area (Å²) >= 11 is 1.63. The standard InChI is InChI=1S/C8H13NOS/c1-3-7(9)6-4-11-5-8(6)10-2/h4-5,7H,3,9H2,1-2H3. The highest BCUT2D eigenvalue weighted by molar-refractivity contribution is 7.08. The van der Waals surface area contributed by atoms with E-state index in [0.29, 0.717) is 0 Å². The van der Waals surface area contributed by atoms with E-state index < -0.39 is 0 Å². The number of hydrogen-bond acceptors (Lipinski definition) is 3. The summed E-state index contributed by atoms with van der Waals surface area (Å²) in [5, 5.41) is 4.03. The van der Waals surface area contributed by atoms with Gasteiger partial charge in [0.2, 0.25) is 0 Å². The normalized spacial score (nSPS) is 13.0. The molecule has 0 spiro atoms. The third-order valence-corrected chi connectivity index (χ3v) is 2.45. The summed E-state index contributed by atoms with van der Waals surface area (Å²) in [6, 6.07) is 0.121. The molecule has 0 saturated carbocycles. The summed E-state index contributed by atoms with van der Waals surface area (Å²) in [7, 11) is 1.67. The van der Waals surface area contributed by atoms with Crippen molar-refractivity contribution in [3.8, 4) is 5.75 Å². The molecule has 2 N–H and O–H groups in total. The third kappa shape index (κ3) is 1.73. The predicted octanol–water partition coefficient (Wildman–Crippen LogP) is 2.17. The van der Waals surface area contributed by atoms with Crippen LogP contribution in [0.1, 0.15) is 24.9 Å². The van der Waals surface area contributed by atoms with E-state index in [0.717, 1.165) is 17.7 Å². The highest BCUT2D eigenvalue weighted by atomic mass is 32.1. The minimum absolute atomic E-state index is 0.121. The topological polar surface area (TPSA) is 35.2 Å². The maximum atomic E-state index is 5.84. The second-order valence-electron chi connectivity index (χ2n) is 2.41. The van der Waals surface area contributed by atoms with Crippen LogP contribution >= 0.6 is 11.3 Å². The number of nitrogens with two attached hydrogens (primary N) is 1. The van der Waals surface area contributed by atoms with Crippen LogP contribution in [-0.4, -0.2) is 7.11 Å². The average Bonchev–Trinajstić information content (AvgIpc) is 2.50. The van der Waals surface area contributed by atoms with E-state index in [1.165, 1.54) is 0 Å². The van der Waals surface area contributed by atoms with Crippen molar-refractivity contribution in [1.29, 1.82) is 0 Å². The fraction of sp³-hybridized carbons (Fsp3) is 0.500. The van der Waals surface area contributed by atoms with Gasteiger partial charge in [-0.3, -0.25) is 0 Å². The second-order valence-corrected chi connectivity index (χ2v) is 3.15. The van der Waals surface area contributed by atoms with Gasteiger partial charge in [-0.05, 0) is 11.8 Å². The molecule has 1 unspecified atom stereocenters. The van der Waals surface area contributed by atoms with Crippen LogP contribution in [0.2, 0.25) is 0 Å². The molecule has 0 aliphatic carbocycles. The molecule has 0 aromatic carbocycles. The zero-order chi connectivity index (χ0) is 8.27. The lowest BCUT2D eigenvalue weighted by atomic mass is 10.1. The molecular weight excluding hydrogens is 158 g/mol. The smallest absolute Gasteiger partial charge is 0.134 e. The first-order valence-electron chi connectivity index (χ1n) is 3.65. The van der Waals surface area contributed by atoms with E-state index in [1.54, 1.807) is 18.4 Å². The van der Waals surface area contributed by atoms with Gasteiger partial charge < -0.3 is 10.5 Å². The van der Waals surface area contributed by atoms with Crippen LogP contribution in [0.15, 0.2) is 10.8 Å². The van der Waals surface area contributed by atoms with Gasteiger partial charge in [0.25, 0.3) is 0 Å². The van der Waals surface area contributed by atoms with Crippen molar-refractivity contribution < 1.29 is 4.74 Å². The Labute approximate surface area is 71.0 Å². The maximum absolute atomic E-state index is 5.84. The van der Waals surface area contributed by atoms with Crippen LogP contribution in [0.25, 0.3) is 0 Å². The molecule has 1 heterocycles. The number of hydrogen-bond donors (Lipinski definition) is 1. The molecule has 62 valence electrons. The van der Waals surface area contributed by atoms with Gasteiger partial charge in [-0.25, -0.2) is 0 Å². The van der Waals surface area contributed by atoms with Crippen LogP contribution in [0, 0.1) is 0 Å². The lowest BCUT2D eigenvalue weighted by Crippen LogP contribution is -2.08. The fourth-order valence-corrected chi connectivity index (χ4v) is 1.81. The summed E-state index contributed by atoms with van der Waals surface area (Å²) in [5.41, 5.74) is 6.97. The Bertz CT molecular complexity index is 222. The minimum atomic E-state index is 0.121. The van der Waals surface area contributed by atoms with Crippen molar-refractivity contribution in [1.82, 2.24) is 0 Å². The lowest BCUT2D eigenvalue weighted by molar-refractivity contribution is 0.407. The zero-order valence-electron chi connectivity index (χ0n) is 6.83. The van der Waals surface area contributed by atoms with Crippen LogP contribution < -0.4 is 10.5 Å². The number of ether oxygens (including phenoxy) is 1. The lowest BCUT2D eigenvalue weighted by Gasteiger charge is -2.08. The number of rotatable bonds is 3. The van der Waals surface area contributed by atoms with Gasteiger partial charge in [0, 0.05) is 17.0 Å². The molecule has 1 atom stereocenters. The van der Waals surface area contributed by atoms with E-state index in [9.17, 15) is 0 Å². The van der Waals surface area contributed by atoms with Gasteiger partial charge in [-0.15, -0.1) is 11.3 Å². The van der Waals surface area contributed by atoms with Crippen molar-refractivity contribution in [2.45, 2.75) is 19.4 Å². The Morgan fingerprint density at radius 3 is 2.91 bits per heavy atom. The average molecular weight is 171 g/mol. The fourth-order valence-electron chi connectivity index (χ4n) is 0.951. The van der Waals surface area contributed by atoms with Gasteiger partial charge in [0.15, 0.2) is 0 Å². The molecule has 3 heteroatoms. The van der Waals surface area contributed by atoms with E-state index in [-0.39, 0.29) is 6.04 Å². The molecule has 1 rings (SSSR count). The van der Waals surface area contributed by atoms with Crippen molar-refractivity contribution >= 4 is 11.3 Å². The van der Waals surface area contributed by atoms with E-state index >= 15 is 0 Å². The van der Waals surface area contributed by atoms with Crippen molar-refractivity contribution in [3.05, 3.63) is 16.3 Å². The van der Waals surface area contributed by atoms with E-state index in [1.807, 2.05) is 10.8 Å². The number of thiophene rings is 1. The summed E-state index contributed by atoms with van der Waals surface area (Å²) in [5.74, 6) is 0.921. The molecule has 0 amide bonds. The molecule has 0 saturated heterocycles. The van der Waals surface area contributed by atoms with Gasteiger partial charge in [0.05, 0.1) is 7.11 Å². The molecule has 1 aromatic rings. The van der Waals surface area contributed by atoms with E-state index in [2.05, 4.69) is 6.92 Å². The van der Waals surface area contributed by atoms with Gasteiger partial charge in [-0.1, -0.05) is 6.92 Å². The Morgan fingerprint density at radius 1 is 1.64 bits per heavy atom. The molecule has 1 aromatic heterocycles. The Hall–Kier alpha value is -0.540. The SMILES string of the molecule is CCC(N)c1cscc1OC. The summed E-state index contributed by atoms with van der Waals surface area (Å²) in [6.45, 7) is 2.07. The maximum Gasteiger partial charge on any atom is 0.134 e. The number of methoxy groups -OCH3 is 1. The van der Waals surface area contributed by atoms with Crippen LogP contribution in [0.4, 0.5) is 0 Å². The molecule has 2 nitrogen and oxygen atoms in total. The van der Waals surface area contributed by atoms with Gasteiger partial charge in [-0.2, -0.15) is 0 Å². The molecule has 0 radical (unpaired) electrons. The summed E-state index contributed by atoms with van der Waals surface area (Å²) in [4.78, 5) is 0. The highest BCUT2D eigenvalue weighted by Crippen LogP contribution is 2.28. The second kappa shape index (κ2) is 3.74. The summed E-state index contributed by atoms with van der Waals surface area (Å²) < 4.78 is 5.14. The Kier molecular flexibility index (Phi) is 2.91. The highest BCUT2D eigenvalue weighted by Gasteiger charge is 2.09. The molecule has 0 bridgehead atoms. The first kappa shape index (κ1) is 8.56. The minimum Gasteiger partial charge on any atom is -0.496 e. The zero-order valence-corrected chi connectivity index (χ0v) is 7.65. The first-order chi connectivity index (χ1) is 5.29. The van der Waals surface area contributed by atoms with Crippen molar-refractivity contribution in [3.63, 3.8) is 0 Å². The van der Waals surface area contributed by atoms with Gasteiger partial charge >= 0.3 is 0 Å². The van der Waals surface area contributed by atoms with Crippen LogP contribution in [0.5, 0.6) is 5.75 Å². The molecule has 0 aliphatic heterocycles. The van der Waals surface area contributed by atoms with Crippen LogP contribution in [0.3, 0.4) is 0 Å². The Balaban J connectivity index is 2.83. The predicted molar refractivity (Wildman–Crippen MR) is 48.1 cm³/mol. The van der Waals surface area contributed by atoms with Crippen LogP contribution in [-0.2, 0) is 0 Å². The van der Waals surface area contributed by atoms with Gasteiger partial charge in [0.1, 0.15) is 5.75 Å². The van der Waals surface area contributed by atoms with Crippen molar-refractivity contribution in [2.24, 2.45) is 5.73 Å². The first-order valence-corrected chi connectivity index (χ1v) is 4.59. The molecule has 11 heavy (non-hydrogen) atoms. The monoisotopic (exact) mass is 171 g/mol. The Morgan fingerprint density at radius 2 is 2.36 bits per heavy atom. The third-order valence-electron chi connectivity index (χ3n) is 1.71. The van der Waals surface area contributed by atoms with E-state index in [4.69, 9.17) is 10.5 Å². The molecule has 0 fully saturated rings. The quantitative estimate of drug-likeness (QED) is 0.756. The van der Waals surface area contributed by atoms with Crippen molar-refractivity contribution in [2.75, 3.05) is 7.11 Å².